The Labute approximate surface area is 109 Å². The normalized spacial score (nSPS) is 20.6. The second kappa shape index (κ2) is 5.44. The van der Waals surface area contributed by atoms with E-state index in [0.717, 1.165) is 25.9 Å². The highest BCUT2D eigenvalue weighted by atomic mass is 79.9. The van der Waals surface area contributed by atoms with E-state index in [4.69, 9.17) is 0 Å². The lowest BCUT2D eigenvalue weighted by Gasteiger charge is -2.23. The summed E-state index contributed by atoms with van der Waals surface area (Å²) in [7, 11) is 0. The van der Waals surface area contributed by atoms with E-state index < -0.39 is 11.6 Å². The largest absolute Gasteiger partial charge is 0.316 e. The smallest absolute Gasteiger partial charge is 0.143 e. The van der Waals surface area contributed by atoms with Gasteiger partial charge in [-0.3, -0.25) is 0 Å². The van der Waals surface area contributed by atoms with Crippen LogP contribution >= 0.6 is 15.9 Å². The molecule has 0 radical (unpaired) electrons. The van der Waals surface area contributed by atoms with E-state index in [-0.39, 0.29) is 5.56 Å². The SMILES string of the molecule is Cc1cc(Br)c(F)c(CC2CCCNC2)c1F. The van der Waals surface area contributed by atoms with Crippen LogP contribution in [-0.4, -0.2) is 13.1 Å². The van der Waals surface area contributed by atoms with Gasteiger partial charge in [-0.15, -0.1) is 0 Å². The molecule has 17 heavy (non-hydrogen) atoms. The topological polar surface area (TPSA) is 12.0 Å². The zero-order valence-corrected chi connectivity index (χ0v) is 11.4. The van der Waals surface area contributed by atoms with Crippen LogP contribution in [0.5, 0.6) is 0 Å². The van der Waals surface area contributed by atoms with Crippen molar-refractivity contribution in [3.05, 3.63) is 33.3 Å². The predicted molar refractivity (Wildman–Crippen MR) is 68.1 cm³/mol. The van der Waals surface area contributed by atoms with E-state index >= 15 is 0 Å². The molecule has 1 aliphatic rings. The van der Waals surface area contributed by atoms with Crippen molar-refractivity contribution >= 4 is 15.9 Å². The van der Waals surface area contributed by atoms with E-state index in [1.54, 1.807) is 6.92 Å². The van der Waals surface area contributed by atoms with Crippen molar-refractivity contribution in [2.24, 2.45) is 5.92 Å². The van der Waals surface area contributed by atoms with Gasteiger partial charge >= 0.3 is 0 Å². The Morgan fingerprint density at radius 1 is 1.41 bits per heavy atom. The van der Waals surface area contributed by atoms with Gasteiger partial charge in [0.05, 0.1) is 4.47 Å². The lowest BCUT2D eigenvalue weighted by Crippen LogP contribution is -2.31. The molecule has 1 unspecified atom stereocenters. The Morgan fingerprint density at radius 3 is 2.82 bits per heavy atom. The first kappa shape index (κ1) is 13.0. The van der Waals surface area contributed by atoms with E-state index in [0.29, 0.717) is 22.4 Å². The number of hydrogen-bond donors (Lipinski definition) is 1. The average molecular weight is 304 g/mol. The van der Waals surface area contributed by atoms with E-state index in [2.05, 4.69) is 21.2 Å². The van der Waals surface area contributed by atoms with Crippen molar-refractivity contribution in [1.82, 2.24) is 5.32 Å². The molecule has 1 aromatic rings. The average Bonchev–Trinajstić information content (AvgIpc) is 2.33. The lowest BCUT2D eigenvalue weighted by atomic mass is 9.91. The molecule has 2 rings (SSSR count). The summed E-state index contributed by atoms with van der Waals surface area (Å²) in [5.41, 5.74) is 0.725. The first-order chi connectivity index (χ1) is 8.09. The molecule has 1 aliphatic heterocycles. The fourth-order valence-corrected chi connectivity index (χ4v) is 2.94. The summed E-state index contributed by atoms with van der Waals surface area (Å²) in [6.07, 6.45) is 2.60. The molecule has 0 aromatic heterocycles. The Balaban J connectivity index is 2.24. The number of benzene rings is 1. The van der Waals surface area contributed by atoms with Crippen LogP contribution in [-0.2, 0) is 6.42 Å². The van der Waals surface area contributed by atoms with Gasteiger partial charge in [0.2, 0.25) is 0 Å². The van der Waals surface area contributed by atoms with Crippen molar-refractivity contribution in [2.45, 2.75) is 26.2 Å². The molecule has 1 nitrogen and oxygen atoms in total. The maximum Gasteiger partial charge on any atom is 0.143 e. The molecule has 1 N–H and O–H groups in total. The predicted octanol–water partition coefficient (Wildman–Crippen LogP) is 3.58. The van der Waals surface area contributed by atoms with Crippen molar-refractivity contribution < 1.29 is 8.78 Å². The molecule has 1 atom stereocenters. The molecule has 94 valence electrons. The number of rotatable bonds is 2. The molecule has 0 amide bonds. The molecule has 1 saturated heterocycles. The number of nitrogens with one attached hydrogen (secondary N) is 1. The molecule has 0 bridgehead atoms. The van der Waals surface area contributed by atoms with Gasteiger partial charge in [-0.2, -0.15) is 0 Å². The summed E-state index contributed by atoms with van der Waals surface area (Å²) in [5, 5.41) is 3.27. The molecule has 1 fully saturated rings. The fourth-order valence-electron chi connectivity index (χ4n) is 2.36. The number of aryl methyl sites for hydroxylation is 1. The quantitative estimate of drug-likeness (QED) is 0.824. The van der Waals surface area contributed by atoms with E-state index in [1.165, 1.54) is 6.07 Å². The lowest BCUT2D eigenvalue weighted by molar-refractivity contribution is 0.366. The zero-order valence-electron chi connectivity index (χ0n) is 9.82. The summed E-state index contributed by atoms with van der Waals surface area (Å²) < 4.78 is 28.2. The monoisotopic (exact) mass is 303 g/mol. The van der Waals surface area contributed by atoms with E-state index in [1.807, 2.05) is 0 Å². The molecular weight excluding hydrogens is 288 g/mol. The zero-order chi connectivity index (χ0) is 12.4. The molecule has 0 spiro atoms. The first-order valence-corrected chi connectivity index (χ1v) is 6.72. The second-order valence-corrected chi connectivity index (χ2v) is 5.55. The minimum absolute atomic E-state index is 0.227. The summed E-state index contributed by atoms with van der Waals surface area (Å²) in [4.78, 5) is 0. The van der Waals surface area contributed by atoms with Crippen LogP contribution in [0.1, 0.15) is 24.0 Å². The summed E-state index contributed by atoms with van der Waals surface area (Å²) in [5.74, 6) is -0.503. The highest BCUT2D eigenvalue weighted by molar-refractivity contribution is 9.10. The van der Waals surface area contributed by atoms with Crippen LogP contribution in [0, 0.1) is 24.5 Å². The standard InChI is InChI=1S/C13H16BrF2N/c1-8-5-11(14)13(16)10(12(8)15)6-9-3-2-4-17-7-9/h5,9,17H,2-4,6-7H2,1H3. The third-order valence-electron chi connectivity index (χ3n) is 3.32. The van der Waals surface area contributed by atoms with Crippen LogP contribution in [0.25, 0.3) is 0 Å². The Hall–Kier alpha value is -0.480. The van der Waals surface area contributed by atoms with Gasteiger partial charge in [0.15, 0.2) is 0 Å². The van der Waals surface area contributed by atoms with Crippen molar-refractivity contribution in [2.75, 3.05) is 13.1 Å². The van der Waals surface area contributed by atoms with Crippen molar-refractivity contribution in [3.63, 3.8) is 0 Å². The van der Waals surface area contributed by atoms with Crippen LogP contribution in [0.3, 0.4) is 0 Å². The highest BCUT2D eigenvalue weighted by Gasteiger charge is 2.20. The Bertz CT molecular complexity index is 388. The molecule has 4 heteroatoms. The van der Waals surface area contributed by atoms with Crippen LogP contribution in [0.2, 0.25) is 0 Å². The second-order valence-electron chi connectivity index (χ2n) is 4.70. The summed E-state index contributed by atoms with van der Waals surface area (Å²) >= 11 is 3.14. The van der Waals surface area contributed by atoms with Gasteiger partial charge in [0.25, 0.3) is 0 Å². The summed E-state index contributed by atoms with van der Waals surface area (Å²) in [6, 6.07) is 1.49. The highest BCUT2D eigenvalue weighted by Crippen LogP contribution is 2.28. The van der Waals surface area contributed by atoms with Crippen molar-refractivity contribution in [3.8, 4) is 0 Å². The maximum absolute atomic E-state index is 13.9. The van der Waals surface area contributed by atoms with E-state index in [9.17, 15) is 8.78 Å². The fraction of sp³-hybridized carbons (Fsp3) is 0.538. The number of piperidine rings is 1. The molecule has 1 aromatic carbocycles. The number of hydrogen-bond acceptors (Lipinski definition) is 1. The van der Waals surface area contributed by atoms with Crippen LogP contribution in [0.15, 0.2) is 10.5 Å². The Morgan fingerprint density at radius 2 is 2.18 bits per heavy atom. The van der Waals surface area contributed by atoms with Gasteiger partial charge < -0.3 is 5.32 Å². The van der Waals surface area contributed by atoms with Gasteiger partial charge in [-0.25, -0.2) is 8.78 Å². The third kappa shape index (κ3) is 2.86. The first-order valence-electron chi connectivity index (χ1n) is 5.93. The summed E-state index contributed by atoms with van der Waals surface area (Å²) in [6.45, 7) is 3.53. The van der Waals surface area contributed by atoms with Gasteiger partial charge in [0, 0.05) is 5.56 Å². The maximum atomic E-state index is 13.9. The minimum Gasteiger partial charge on any atom is -0.316 e. The molecule has 0 aliphatic carbocycles. The minimum atomic E-state index is -0.446. The third-order valence-corrected chi connectivity index (χ3v) is 3.90. The number of halogens is 3. The Kier molecular flexibility index (Phi) is 4.15. The van der Waals surface area contributed by atoms with Gasteiger partial charge in [0.1, 0.15) is 11.6 Å². The molecule has 1 heterocycles. The molecule has 0 saturated carbocycles. The van der Waals surface area contributed by atoms with Crippen LogP contribution in [0.4, 0.5) is 8.78 Å². The molecular formula is C13H16BrF2N. The van der Waals surface area contributed by atoms with Crippen molar-refractivity contribution in [1.29, 1.82) is 0 Å². The van der Waals surface area contributed by atoms with Crippen LogP contribution < -0.4 is 5.32 Å². The van der Waals surface area contributed by atoms with Gasteiger partial charge in [-0.05, 0) is 72.8 Å². The van der Waals surface area contributed by atoms with Gasteiger partial charge in [-0.1, -0.05) is 0 Å².